The highest BCUT2D eigenvalue weighted by molar-refractivity contribution is 5.92. The fourth-order valence-electron chi connectivity index (χ4n) is 2.97. The second-order valence-corrected chi connectivity index (χ2v) is 5.89. The molecule has 0 aliphatic heterocycles. The molecule has 2 atom stereocenters. The fourth-order valence-corrected chi connectivity index (χ4v) is 2.97. The summed E-state index contributed by atoms with van der Waals surface area (Å²) < 4.78 is 5.27. The molecule has 0 bridgehead atoms. The highest BCUT2D eigenvalue weighted by Gasteiger charge is 2.28. The lowest BCUT2D eigenvalue weighted by atomic mass is 10.1. The second kappa shape index (κ2) is 6.32. The number of aromatic nitrogens is 1. The number of aliphatic hydroxyl groups is 1. The Morgan fingerprint density at radius 3 is 2.82 bits per heavy atom. The smallest absolute Gasteiger partial charge is 0.275 e. The zero-order valence-electron chi connectivity index (χ0n) is 12.6. The van der Waals surface area contributed by atoms with Crippen LogP contribution in [0.2, 0.25) is 0 Å². The van der Waals surface area contributed by atoms with Gasteiger partial charge in [-0.25, -0.2) is 0 Å². The number of hydrogen-bond donors (Lipinski definition) is 1. The van der Waals surface area contributed by atoms with Crippen molar-refractivity contribution in [2.45, 2.75) is 25.4 Å². The number of carbonyl (C=O) groups excluding carboxylic acids is 1. The SMILES string of the molecule is CN(CC1CCCC1O)C(=O)c1cc(-c2ccccc2)on1. The van der Waals surface area contributed by atoms with Gasteiger partial charge in [0.1, 0.15) is 0 Å². The summed E-state index contributed by atoms with van der Waals surface area (Å²) >= 11 is 0. The highest BCUT2D eigenvalue weighted by atomic mass is 16.5. The molecule has 1 fully saturated rings. The van der Waals surface area contributed by atoms with Gasteiger partial charge in [-0.2, -0.15) is 0 Å². The molecule has 1 aromatic heterocycles. The topological polar surface area (TPSA) is 66.6 Å². The summed E-state index contributed by atoms with van der Waals surface area (Å²) in [7, 11) is 1.74. The van der Waals surface area contributed by atoms with E-state index in [1.165, 1.54) is 0 Å². The first-order valence-electron chi connectivity index (χ1n) is 7.61. The van der Waals surface area contributed by atoms with Crippen molar-refractivity contribution in [3.63, 3.8) is 0 Å². The fraction of sp³-hybridized carbons (Fsp3) is 0.412. The van der Waals surface area contributed by atoms with Crippen molar-refractivity contribution in [2.75, 3.05) is 13.6 Å². The summed E-state index contributed by atoms with van der Waals surface area (Å²) in [6, 6.07) is 11.2. The molecule has 2 unspecified atom stereocenters. The van der Waals surface area contributed by atoms with Crippen molar-refractivity contribution >= 4 is 5.91 Å². The molecule has 5 heteroatoms. The molecule has 1 aliphatic carbocycles. The summed E-state index contributed by atoms with van der Waals surface area (Å²) in [4.78, 5) is 14.0. The number of hydrogen-bond acceptors (Lipinski definition) is 4. The lowest BCUT2D eigenvalue weighted by Crippen LogP contribution is -2.34. The quantitative estimate of drug-likeness (QED) is 0.942. The molecule has 1 amide bonds. The third kappa shape index (κ3) is 3.04. The molecule has 22 heavy (non-hydrogen) atoms. The molecule has 1 aliphatic rings. The van der Waals surface area contributed by atoms with Crippen molar-refractivity contribution in [3.8, 4) is 11.3 Å². The van der Waals surface area contributed by atoms with E-state index >= 15 is 0 Å². The van der Waals surface area contributed by atoms with Crippen LogP contribution < -0.4 is 0 Å². The van der Waals surface area contributed by atoms with Crippen LogP contribution in [0, 0.1) is 5.92 Å². The predicted octanol–water partition coefficient (Wildman–Crippen LogP) is 2.57. The average molecular weight is 300 g/mol. The number of carbonyl (C=O) groups is 1. The molecular formula is C17H20N2O3. The molecule has 0 saturated heterocycles. The highest BCUT2D eigenvalue weighted by Crippen LogP contribution is 2.26. The zero-order chi connectivity index (χ0) is 15.5. The van der Waals surface area contributed by atoms with Crippen LogP contribution in [0.3, 0.4) is 0 Å². The van der Waals surface area contributed by atoms with Crippen LogP contribution in [-0.2, 0) is 0 Å². The zero-order valence-corrected chi connectivity index (χ0v) is 12.6. The van der Waals surface area contributed by atoms with Crippen LogP contribution in [0.4, 0.5) is 0 Å². The van der Waals surface area contributed by atoms with E-state index in [1.807, 2.05) is 30.3 Å². The summed E-state index contributed by atoms with van der Waals surface area (Å²) in [5.41, 5.74) is 1.19. The van der Waals surface area contributed by atoms with Crippen molar-refractivity contribution < 1.29 is 14.4 Å². The Hall–Kier alpha value is -2.14. The molecule has 1 saturated carbocycles. The van der Waals surface area contributed by atoms with Crippen LogP contribution in [-0.4, -0.2) is 40.8 Å². The van der Waals surface area contributed by atoms with E-state index in [1.54, 1.807) is 18.0 Å². The lowest BCUT2D eigenvalue weighted by Gasteiger charge is -2.22. The third-order valence-electron chi connectivity index (χ3n) is 4.26. The number of rotatable bonds is 4. The maximum absolute atomic E-state index is 12.4. The van der Waals surface area contributed by atoms with Gasteiger partial charge < -0.3 is 14.5 Å². The van der Waals surface area contributed by atoms with Gasteiger partial charge in [0.25, 0.3) is 5.91 Å². The Morgan fingerprint density at radius 1 is 1.36 bits per heavy atom. The van der Waals surface area contributed by atoms with Gasteiger partial charge in [0.05, 0.1) is 6.10 Å². The molecule has 1 heterocycles. The van der Waals surface area contributed by atoms with Crippen LogP contribution in [0.5, 0.6) is 0 Å². The summed E-state index contributed by atoms with van der Waals surface area (Å²) in [6.45, 7) is 0.549. The summed E-state index contributed by atoms with van der Waals surface area (Å²) in [6.07, 6.45) is 2.52. The minimum Gasteiger partial charge on any atom is -0.393 e. The van der Waals surface area contributed by atoms with Crippen molar-refractivity contribution in [1.29, 1.82) is 0 Å². The minimum absolute atomic E-state index is 0.162. The van der Waals surface area contributed by atoms with Crippen molar-refractivity contribution in [3.05, 3.63) is 42.1 Å². The van der Waals surface area contributed by atoms with Crippen molar-refractivity contribution in [2.24, 2.45) is 5.92 Å². The van der Waals surface area contributed by atoms with Gasteiger partial charge in [-0.3, -0.25) is 4.79 Å². The maximum Gasteiger partial charge on any atom is 0.275 e. The van der Waals surface area contributed by atoms with Gasteiger partial charge >= 0.3 is 0 Å². The molecule has 0 radical (unpaired) electrons. The third-order valence-corrected chi connectivity index (χ3v) is 4.26. The second-order valence-electron chi connectivity index (χ2n) is 5.89. The molecule has 0 spiro atoms. The summed E-state index contributed by atoms with van der Waals surface area (Å²) in [5.74, 6) is 0.567. The number of benzene rings is 1. The molecule has 2 aromatic rings. The van der Waals surface area contributed by atoms with Crippen LogP contribution in [0.25, 0.3) is 11.3 Å². The van der Waals surface area contributed by atoms with E-state index in [0.29, 0.717) is 18.0 Å². The van der Waals surface area contributed by atoms with Crippen molar-refractivity contribution in [1.82, 2.24) is 10.1 Å². The van der Waals surface area contributed by atoms with E-state index in [9.17, 15) is 9.90 Å². The first kappa shape index (κ1) is 14.8. The Labute approximate surface area is 129 Å². The molecule has 3 rings (SSSR count). The molecule has 5 nitrogen and oxygen atoms in total. The van der Waals surface area contributed by atoms with Gasteiger partial charge in [0, 0.05) is 31.1 Å². The Kier molecular flexibility index (Phi) is 4.24. The average Bonchev–Trinajstić information content (AvgIpc) is 3.17. The Morgan fingerprint density at radius 2 is 2.14 bits per heavy atom. The van der Waals surface area contributed by atoms with Gasteiger partial charge in [-0.15, -0.1) is 0 Å². The standard InChI is InChI=1S/C17H20N2O3/c1-19(11-13-8-5-9-15(13)20)17(21)14-10-16(22-18-14)12-6-3-2-4-7-12/h2-4,6-7,10,13,15,20H,5,8-9,11H2,1H3. The lowest BCUT2D eigenvalue weighted by molar-refractivity contribution is 0.0684. The van der Waals surface area contributed by atoms with E-state index in [0.717, 1.165) is 24.8 Å². The van der Waals surface area contributed by atoms with Crippen LogP contribution in [0.1, 0.15) is 29.8 Å². The summed E-state index contributed by atoms with van der Waals surface area (Å²) in [5, 5.41) is 13.7. The maximum atomic E-state index is 12.4. The molecule has 1 aromatic carbocycles. The normalized spacial score (nSPS) is 21.0. The molecule has 1 N–H and O–H groups in total. The number of nitrogens with zero attached hydrogens (tertiary/aromatic N) is 2. The van der Waals surface area contributed by atoms with Gasteiger partial charge in [0.15, 0.2) is 11.5 Å². The van der Waals surface area contributed by atoms with Crippen LogP contribution in [0.15, 0.2) is 40.9 Å². The van der Waals surface area contributed by atoms with Gasteiger partial charge in [0.2, 0.25) is 0 Å². The number of amides is 1. The van der Waals surface area contributed by atoms with E-state index in [4.69, 9.17) is 4.52 Å². The van der Waals surface area contributed by atoms with E-state index in [-0.39, 0.29) is 17.9 Å². The Bertz CT molecular complexity index is 638. The minimum atomic E-state index is -0.299. The molecular weight excluding hydrogens is 280 g/mol. The predicted molar refractivity (Wildman–Crippen MR) is 82.2 cm³/mol. The first-order chi connectivity index (χ1) is 10.6. The van der Waals surface area contributed by atoms with Gasteiger partial charge in [-0.05, 0) is 12.8 Å². The monoisotopic (exact) mass is 300 g/mol. The first-order valence-corrected chi connectivity index (χ1v) is 7.61. The van der Waals surface area contributed by atoms with Gasteiger partial charge in [-0.1, -0.05) is 41.9 Å². The van der Waals surface area contributed by atoms with Crippen LogP contribution >= 0.6 is 0 Å². The number of aliphatic hydroxyl groups excluding tert-OH is 1. The van der Waals surface area contributed by atoms with E-state index in [2.05, 4.69) is 5.16 Å². The Balaban J connectivity index is 1.68. The van der Waals surface area contributed by atoms with E-state index < -0.39 is 0 Å². The largest absolute Gasteiger partial charge is 0.393 e. The molecule has 116 valence electrons.